The summed E-state index contributed by atoms with van der Waals surface area (Å²) in [6.45, 7) is 0. The number of nitrogens with two attached hydrogens (primary N) is 1. The van der Waals surface area contributed by atoms with Crippen molar-refractivity contribution in [2.24, 2.45) is 5.84 Å². The fourth-order valence-electron chi connectivity index (χ4n) is 1.17. The number of benzene rings is 1. The Morgan fingerprint density at radius 3 is 2.67 bits per heavy atom. The SMILES string of the molecule is COc1ccc(-n2nnnc2NN)cc1. The van der Waals surface area contributed by atoms with Gasteiger partial charge >= 0.3 is 0 Å². The minimum atomic E-state index is 0.375. The first kappa shape index (κ1) is 9.41. The number of nitrogens with one attached hydrogen (secondary N) is 1. The van der Waals surface area contributed by atoms with Gasteiger partial charge in [0, 0.05) is 0 Å². The molecule has 0 radical (unpaired) electrons. The van der Waals surface area contributed by atoms with Gasteiger partial charge in [-0.25, -0.2) is 5.84 Å². The maximum atomic E-state index is 5.25. The summed E-state index contributed by atoms with van der Waals surface area (Å²) in [7, 11) is 1.61. The molecular formula is C8H10N6O. The average Bonchev–Trinajstić information content (AvgIpc) is 2.77. The maximum Gasteiger partial charge on any atom is 0.261 e. The van der Waals surface area contributed by atoms with Gasteiger partial charge < -0.3 is 4.74 Å². The Balaban J connectivity index is 2.37. The number of tetrazole rings is 1. The molecule has 0 bridgehead atoms. The van der Waals surface area contributed by atoms with Gasteiger partial charge in [0.25, 0.3) is 5.95 Å². The van der Waals surface area contributed by atoms with E-state index in [0.29, 0.717) is 5.95 Å². The zero-order valence-electron chi connectivity index (χ0n) is 8.08. The van der Waals surface area contributed by atoms with Crippen LogP contribution in [0.3, 0.4) is 0 Å². The third kappa shape index (κ3) is 1.72. The van der Waals surface area contributed by atoms with Crippen molar-refractivity contribution in [1.29, 1.82) is 0 Å². The molecule has 15 heavy (non-hydrogen) atoms. The van der Waals surface area contributed by atoms with E-state index in [2.05, 4.69) is 21.0 Å². The molecule has 0 saturated heterocycles. The Labute approximate surface area is 85.8 Å². The lowest BCUT2D eigenvalue weighted by Gasteiger charge is -2.04. The Bertz CT molecular complexity index is 437. The van der Waals surface area contributed by atoms with E-state index in [1.165, 1.54) is 4.68 Å². The molecule has 3 N–H and O–H groups in total. The zero-order valence-corrected chi connectivity index (χ0v) is 8.08. The van der Waals surface area contributed by atoms with Crippen LogP contribution in [0.25, 0.3) is 5.69 Å². The number of hydrazine groups is 1. The van der Waals surface area contributed by atoms with Crippen molar-refractivity contribution in [2.45, 2.75) is 0 Å². The molecule has 0 spiro atoms. The minimum absolute atomic E-state index is 0.375. The number of aromatic nitrogens is 4. The predicted molar refractivity (Wildman–Crippen MR) is 53.5 cm³/mol. The largest absolute Gasteiger partial charge is 0.497 e. The number of nitrogen functional groups attached to an aromatic ring is 1. The van der Waals surface area contributed by atoms with Gasteiger partial charge in [-0.15, -0.1) is 0 Å². The van der Waals surface area contributed by atoms with Gasteiger partial charge in [-0.3, -0.25) is 5.43 Å². The van der Waals surface area contributed by atoms with E-state index >= 15 is 0 Å². The molecule has 0 saturated carbocycles. The van der Waals surface area contributed by atoms with Crippen LogP contribution in [0.4, 0.5) is 5.95 Å². The van der Waals surface area contributed by atoms with Crippen molar-refractivity contribution in [1.82, 2.24) is 20.2 Å². The summed E-state index contributed by atoms with van der Waals surface area (Å²) in [4.78, 5) is 0. The summed E-state index contributed by atoms with van der Waals surface area (Å²) >= 11 is 0. The molecule has 0 aliphatic rings. The molecule has 0 aliphatic heterocycles. The fourth-order valence-corrected chi connectivity index (χ4v) is 1.17. The molecule has 0 unspecified atom stereocenters. The molecule has 2 rings (SSSR count). The predicted octanol–water partition coefficient (Wildman–Crippen LogP) is -0.0435. The highest BCUT2D eigenvalue weighted by atomic mass is 16.5. The van der Waals surface area contributed by atoms with Crippen LogP contribution in [-0.4, -0.2) is 27.3 Å². The zero-order chi connectivity index (χ0) is 10.7. The van der Waals surface area contributed by atoms with E-state index in [1.54, 1.807) is 7.11 Å². The van der Waals surface area contributed by atoms with Crippen LogP contribution >= 0.6 is 0 Å². The fraction of sp³-hybridized carbons (Fsp3) is 0.125. The molecule has 2 aromatic rings. The Morgan fingerprint density at radius 1 is 1.33 bits per heavy atom. The number of hydrogen-bond acceptors (Lipinski definition) is 6. The highest BCUT2D eigenvalue weighted by molar-refractivity contribution is 5.41. The number of rotatable bonds is 3. The van der Waals surface area contributed by atoms with Gasteiger partial charge in [-0.05, 0) is 34.7 Å². The summed E-state index contributed by atoms with van der Waals surface area (Å²) in [6.07, 6.45) is 0. The van der Waals surface area contributed by atoms with Gasteiger partial charge in [0.15, 0.2) is 0 Å². The smallest absolute Gasteiger partial charge is 0.261 e. The highest BCUT2D eigenvalue weighted by Crippen LogP contribution is 2.15. The van der Waals surface area contributed by atoms with Crippen LogP contribution in [0.2, 0.25) is 0 Å². The molecule has 7 heteroatoms. The second kappa shape index (κ2) is 3.93. The van der Waals surface area contributed by atoms with E-state index in [1.807, 2.05) is 24.3 Å². The third-order valence-electron chi connectivity index (χ3n) is 1.92. The van der Waals surface area contributed by atoms with Crippen LogP contribution in [-0.2, 0) is 0 Å². The molecule has 1 aromatic heterocycles. The Hall–Kier alpha value is -2.15. The molecule has 78 valence electrons. The van der Waals surface area contributed by atoms with E-state index < -0.39 is 0 Å². The first-order valence-corrected chi connectivity index (χ1v) is 4.24. The van der Waals surface area contributed by atoms with Crippen molar-refractivity contribution < 1.29 is 4.74 Å². The van der Waals surface area contributed by atoms with Crippen LogP contribution in [0.15, 0.2) is 24.3 Å². The molecule has 1 aromatic carbocycles. The van der Waals surface area contributed by atoms with Crippen LogP contribution in [0.1, 0.15) is 0 Å². The molecule has 0 atom stereocenters. The standard InChI is InChI=1S/C8H10N6O/c1-15-7-4-2-6(3-5-7)14-8(10-9)11-12-13-14/h2-5H,9H2,1H3,(H,10,11,13). The highest BCUT2D eigenvalue weighted by Gasteiger charge is 2.05. The lowest BCUT2D eigenvalue weighted by atomic mass is 10.3. The van der Waals surface area contributed by atoms with Crippen molar-refractivity contribution in [3.8, 4) is 11.4 Å². The topological polar surface area (TPSA) is 90.9 Å². The first-order valence-electron chi connectivity index (χ1n) is 4.24. The van der Waals surface area contributed by atoms with Crippen LogP contribution in [0, 0.1) is 0 Å². The summed E-state index contributed by atoms with van der Waals surface area (Å²) in [5.74, 6) is 6.40. The average molecular weight is 206 g/mol. The first-order chi connectivity index (χ1) is 7.35. The minimum Gasteiger partial charge on any atom is -0.497 e. The van der Waals surface area contributed by atoms with Gasteiger partial charge in [-0.1, -0.05) is 5.10 Å². The molecule has 0 aliphatic carbocycles. The number of nitrogens with zero attached hydrogens (tertiary/aromatic N) is 4. The van der Waals surface area contributed by atoms with E-state index in [-0.39, 0.29) is 0 Å². The molecule has 0 amide bonds. The number of hydrogen-bond donors (Lipinski definition) is 2. The quantitative estimate of drug-likeness (QED) is 0.540. The maximum absolute atomic E-state index is 5.25. The van der Waals surface area contributed by atoms with Gasteiger partial charge in [0.2, 0.25) is 0 Å². The summed E-state index contributed by atoms with van der Waals surface area (Å²) in [6, 6.07) is 7.29. The Morgan fingerprint density at radius 2 is 2.07 bits per heavy atom. The van der Waals surface area contributed by atoms with Crippen molar-refractivity contribution in [2.75, 3.05) is 12.5 Å². The monoisotopic (exact) mass is 206 g/mol. The van der Waals surface area contributed by atoms with Crippen molar-refractivity contribution in [3.05, 3.63) is 24.3 Å². The van der Waals surface area contributed by atoms with E-state index in [9.17, 15) is 0 Å². The second-order valence-electron chi connectivity index (χ2n) is 2.76. The summed E-state index contributed by atoms with van der Waals surface area (Å²) in [5.41, 5.74) is 3.20. The molecule has 7 nitrogen and oxygen atoms in total. The van der Waals surface area contributed by atoms with Crippen molar-refractivity contribution >= 4 is 5.95 Å². The Kier molecular flexibility index (Phi) is 2.46. The number of ether oxygens (including phenoxy) is 1. The summed E-state index contributed by atoms with van der Waals surface area (Å²) < 4.78 is 6.53. The normalized spacial score (nSPS) is 10.0. The van der Waals surface area contributed by atoms with Gasteiger partial charge in [0.1, 0.15) is 5.75 Å². The second-order valence-corrected chi connectivity index (χ2v) is 2.76. The van der Waals surface area contributed by atoms with E-state index in [0.717, 1.165) is 11.4 Å². The number of methoxy groups -OCH3 is 1. The number of anilines is 1. The van der Waals surface area contributed by atoms with Crippen molar-refractivity contribution in [3.63, 3.8) is 0 Å². The van der Waals surface area contributed by atoms with Gasteiger partial charge in [-0.2, -0.15) is 4.68 Å². The molecular weight excluding hydrogens is 196 g/mol. The molecule has 0 fully saturated rings. The third-order valence-corrected chi connectivity index (χ3v) is 1.92. The van der Waals surface area contributed by atoms with Gasteiger partial charge in [0.05, 0.1) is 12.8 Å². The lowest BCUT2D eigenvalue weighted by molar-refractivity contribution is 0.414. The van der Waals surface area contributed by atoms with Crippen LogP contribution < -0.4 is 16.0 Å². The lowest BCUT2D eigenvalue weighted by Crippen LogP contribution is -2.13. The summed E-state index contributed by atoms with van der Waals surface area (Å²) in [5, 5.41) is 11.0. The van der Waals surface area contributed by atoms with Crippen LogP contribution in [0.5, 0.6) is 5.75 Å². The van der Waals surface area contributed by atoms with E-state index in [4.69, 9.17) is 10.6 Å². The molecule has 1 heterocycles.